The largest absolute Gasteiger partial charge is 0.350 e. The summed E-state index contributed by atoms with van der Waals surface area (Å²) < 4.78 is 1.71. The number of carbonyl (C=O) groups excluding carboxylic acids is 1. The van der Waals surface area contributed by atoms with Crippen molar-refractivity contribution < 1.29 is 4.79 Å². The fourth-order valence-electron chi connectivity index (χ4n) is 2.53. The van der Waals surface area contributed by atoms with E-state index in [-0.39, 0.29) is 30.7 Å². The standard InChI is InChI=1S/C15H19N5O.2ClH/c21-15(18-11-12-3-1-5-16-10-12)14-9-13(4-7-17-14)20-8-2-6-19-20;;/h2,4,6-9,12,16H,1,3,5,10-11H2,(H,18,21);2*1H. The summed E-state index contributed by atoms with van der Waals surface area (Å²) in [6, 6.07) is 5.42. The van der Waals surface area contributed by atoms with Crippen LogP contribution in [-0.2, 0) is 0 Å². The molecule has 2 N–H and O–H groups in total. The summed E-state index contributed by atoms with van der Waals surface area (Å²) in [5.74, 6) is 0.381. The zero-order chi connectivity index (χ0) is 14.5. The minimum Gasteiger partial charge on any atom is -0.350 e. The number of rotatable bonds is 4. The second-order valence-corrected chi connectivity index (χ2v) is 5.27. The Hall–Kier alpha value is -1.63. The van der Waals surface area contributed by atoms with Crippen LogP contribution in [0.5, 0.6) is 0 Å². The van der Waals surface area contributed by atoms with E-state index in [4.69, 9.17) is 0 Å². The second kappa shape index (κ2) is 9.50. The molecular weight excluding hydrogens is 337 g/mol. The van der Waals surface area contributed by atoms with Gasteiger partial charge in [0.05, 0.1) is 5.69 Å². The lowest BCUT2D eigenvalue weighted by Crippen LogP contribution is -2.38. The summed E-state index contributed by atoms with van der Waals surface area (Å²) in [4.78, 5) is 16.3. The van der Waals surface area contributed by atoms with Crippen molar-refractivity contribution in [1.82, 2.24) is 25.4 Å². The molecule has 0 spiro atoms. The van der Waals surface area contributed by atoms with Gasteiger partial charge in [-0.15, -0.1) is 24.8 Å². The van der Waals surface area contributed by atoms with E-state index in [2.05, 4.69) is 20.7 Å². The Balaban J connectivity index is 0.00000132. The van der Waals surface area contributed by atoms with Gasteiger partial charge in [0.25, 0.3) is 5.91 Å². The Morgan fingerprint density at radius 3 is 2.96 bits per heavy atom. The van der Waals surface area contributed by atoms with Gasteiger partial charge < -0.3 is 10.6 Å². The van der Waals surface area contributed by atoms with Crippen LogP contribution in [0.3, 0.4) is 0 Å². The number of nitrogens with zero attached hydrogens (tertiary/aromatic N) is 3. The zero-order valence-corrected chi connectivity index (χ0v) is 14.3. The van der Waals surface area contributed by atoms with E-state index < -0.39 is 0 Å². The van der Waals surface area contributed by atoms with E-state index in [1.165, 1.54) is 6.42 Å². The molecule has 0 radical (unpaired) electrons. The minimum absolute atomic E-state index is 0. The van der Waals surface area contributed by atoms with Crippen LogP contribution in [-0.4, -0.2) is 40.3 Å². The number of hydrogen-bond acceptors (Lipinski definition) is 4. The molecule has 2 aromatic heterocycles. The average Bonchev–Trinajstić information content (AvgIpc) is 3.08. The molecular formula is C15H21Cl2N5O. The van der Waals surface area contributed by atoms with Gasteiger partial charge in [0.1, 0.15) is 5.69 Å². The number of amides is 1. The first kappa shape index (κ1) is 19.4. The average molecular weight is 358 g/mol. The predicted molar refractivity (Wildman–Crippen MR) is 93.8 cm³/mol. The summed E-state index contributed by atoms with van der Waals surface area (Å²) in [6.45, 7) is 2.75. The number of pyridine rings is 1. The first-order chi connectivity index (χ1) is 10.3. The SMILES string of the molecule is Cl.Cl.O=C(NCC1CCCNC1)c1cc(-n2cccn2)ccn1. The number of hydrogen-bond donors (Lipinski definition) is 2. The quantitative estimate of drug-likeness (QED) is 0.875. The van der Waals surface area contributed by atoms with Crippen molar-refractivity contribution in [2.45, 2.75) is 12.8 Å². The lowest BCUT2D eigenvalue weighted by atomic mass is 10.00. The fourth-order valence-corrected chi connectivity index (χ4v) is 2.53. The van der Waals surface area contributed by atoms with E-state index in [1.807, 2.05) is 18.3 Å². The third-order valence-electron chi connectivity index (χ3n) is 3.70. The summed E-state index contributed by atoms with van der Waals surface area (Å²) in [6.07, 6.45) is 7.51. The molecule has 126 valence electrons. The van der Waals surface area contributed by atoms with E-state index in [1.54, 1.807) is 23.1 Å². The number of aromatic nitrogens is 3. The lowest BCUT2D eigenvalue weighted by molar-refractivity contribution is 0.0940. The summed E-state index contributed by atoms with van der Waals surface area (Å²) in [5.41, 5.74) is 1.26. The van der Waals surface area contributed by atoms with Gasteiger partial charge in [0.15, 0.2) is 0 Å². The Morgan fingerprint density at radius 1 is 1.39 bits per heavy atom. The van der Waals surface area contributed by atoms with Gasteiger partial charge in [-0.05, 0) is 50.0 Å². The van der Waals surface area contributed by atoms with Crippen molar-refractivity contribution in [1.29, 1.82) is 0 Å². The third kappa shape index (κ3) is 5.20. The number of nitrogens with one attached hydrogen (secondary N) is 2. The van der Waals surface area contributed by atoms with Gasteiger partial charge in [0, 0.05) is 25.1 Å². The minimum atomic E-state index is -0.130. The van der Waals surface area contributed by atoms with Crippen LogP contribution in [0, 0.1) is 5.92 Å². The molecule has 0 aliphatic carbocycles. The highest BCUT2D eigenvalue weighted by atomic mass is 35.5. The van der Waals surface area contributed by atoms with E-state index >= 15 is 0 Å². The van der Waals surface area contributed by atoms with Crippen molar-refractivity contribution in [3.63, 3.8) is 0 Å². The van der Waals surface area contributed by atoms with Crippen molar-refractivity contribution in [2.24, 2.45) is 5.92 Å². The maximum Gasteiger partial charge on any atom is 0.269 e. The van der Waals surface area contributed by atoms with Gasteiger partial charge in [0.2, 0.25) is 0 Å². The first-order valence-corrected chi connectivity index (χ1v) is 7.28. The third-order valence-corrected chi connectivity index (χ3v) is 3.70. The monoisotopic (exact) mass is 357 g/mol. The predicted octanol–water partition coefficient (Wildman–Crippen LogP) is 1.84. The van der Waals surface area contributed by atoms with Crippen molar-refractivity contribution >= 4 is 30.7 Å². The molecule has 1 fully saturated rings. The van der Waals surface area contributed by atoms with Crippen LogP contribution >= 0.6 is 24.8 Å². The van der Waals surface area contributed by atoms with Crippen LogP contribution in [0.2, 0.25) is 0 Å². The molecule has 1 amide bonds. The first-order valence-electron chi connectivity index (χ1n) is 7.28. The Kier molecular flexibility index (Phi) is 8.02. The topological polar surface area (TPSA) is 71.8 Å². The highest BCUT2D eigenvalue weighted by Gasteiger charge is 2.15. The highest BCUT2D eigenvalue weighted by Crippen LogP contribution is 2.10. The maximum absolute atomic E-state index is 12.2. The van der Waals surface area contributed by atoms with E-state index in [9.17, 15) is 4.79 Å². The van der Waals surface area contributed by atoms with Crippen LogP contribution < -0.4 is 10.6 Å². The zero-order valence-electron chi connectivity index (χ0n) is 12.6. The normalized spacial score (nSPS) is 16.8. The molecule has 1 unspecified atom stereocenters. The molecule has 23 heavy (non-hydrogen) atoms. The number of halogens is 2. The molecule has 8 heteroatoms. The molecule has 1 aliphatic heterocycles. The van der Waals surface area contributed by atoms with Gasteiger partial charge in [-0.3, -0.25) is 9.78 Å². The molecule has 2 aromatic rings. The molecule has 3 rings (SSSR count). The highest BCUT2D eigenvalue weighted by molar-refractivity contribution is 5.92. The molecule has 1 atom stereocenters. The van der Waals surface area contributed by atoms with Crippen LogP contribution in [0.1, 0.15) is 23.3 Å². The summed E-state index contributed by atoms with van der Waals surface area (Å²) in [5, 5.41) is 10.5. The molecule has 3 heterocycles. The molecule has 0 bridgehead atoms. The molecule has 0 aromatic carbocycles. The van der Waals surface area contributed by atoms with Crippen molar-refractivity contribution in [3.8, 4) is 5.69 Å². The molecule has 1 saturated heterocycles. The van der Waals surface area contributed by atoms with Gasteiger partial charge >= 0.3 is 0 Å². The van der Waals surface area contributed by atoms with Crippen LogP contribution in [0.25, 0.3) is 5.69 Å². The number of piperidine rings is 1. The van der Waals surface area contributed by atoms with Gasteiger partial charge in [-0.25, -0.2) is 4.68 Å². The Labute approximate surface area is 147 Å². The van der Waals surface area contributed by atoms with Crippen LogP contribution in [0.4, 0.5) is 0 Å². The van der Waals surface area contributed by atoms with Crippen LogP contribution in [0.15, 0.2) is 36.8 Å². The lowest BCUT2D eigenvalue weighted by Gasteiger charge is -2.22. The van der Waals surface area contributed by atoms with E-state index in [0.29, 0.717) is 18.2 Å². The van der Waals surface area contributed by atoms with Crippen molar-refractivity contribution in [2.75, 3.05) is 19.6 Å². The molecule has 1 aliphatic rings. The smallest absolute Gasteiger partial charge is 0.269 e. The van der Waals surface area contributed by atoms with Crippen molar-refractivity contribution in [3.05, 3.63) is 42.5 Å². The summed E-state index contributed by atoms with van der Waals surface area (Å²) >= 11 is 0. The maximum atomic E-state index is 12.2. The Bertz CT molecular complexity index is 600. The fraction of sp³-hybridized carbons (Fsp3) is 0.400. The molecule has 6 nitrogen and oxygen atoms in total. The van der Waals surface area contributed by atoms with E-state index in [0.717, 1.165) is 25.2 Å². The Morgan fingerprint density at radius 2 is 2.26 bits per heavy atom. The van der Waals surface area contributed by atoms with Gasteiger partial charge in [-0.2, -0.15) is 5.10 Å². The van der Waals surface area contributed by atoms with Gasteiger partial charge in [-0.1, -0.05) is 0 Å². The number of carbonyl (C=O) groups is 1. The summed E-state index contributed by atoms with van der Waals surface area (Å²) in [7, 11) is 0. The molecule has 0 saturated carbocycles. The second-order valence-electron chi connectivity index (χ2n) is 5.27.